The van der Waals surface area contributed by atoms with Crippen molar-refractivity contribution < 1.29 is 18.0 Å². The van der Waals surface area contributed by atoms with Crippen molar-refractivity contribution in [1.82, 2.24) is 15.2 Å². The fraction of sp³-hybridized carbons (Fsp3) is 0.407. The Balaban J connectivity index is 0.00000127. The number of terminal acetylenes is 1. The molecule has 1 amide bonds. The summed E-state index contributed by atoms with van der Waals surface area (Å²) in [5, 5.41) is 19.5. The normalized spacial score (nSPS) is 15.5. The molecule has 0 atom stereocenters. The second-order valence-electron chi connectivity index (χ2n) is 7.92. The number of halogens is 3. The Morgan fingerprint density at radius 2 is 1.95 bits per heavy atom. The largest absolute Gasteiger partial charge is 0.449 e. The monoisotopic (exact) mass is 516 g/mol. The third kappa shape index (κ3) is 8.63. The maximum absolute atomic E-state index is 13.0. The molecular weight excluding hydrogens is 481 g/mol. The van der Waals surface area contributed by atoms with Crippen molar-refractivity contribution in [2.75, 3.05) is 26.2 Å². The minimum atomic E-state index is -4.83. The number of hydrogen-bond donors (Lipinski definition) is 3. The number of hydrogen-bond acceptors (Lipinski definition) is 5. The first-order chi connectivity index (χ1) is 17.5. The summed E-state index contributed by atoms with van der Waals surface area (Å²) in [6.07, 6.45) is 4.24. The van der Waals surface area contributed by atoms with Gasteiger partial charge in [0.05, 0.1) is 18.8 Å². The highest BCUT2D eigenvalue weighted by Crippen LogP contribution is 2.22. The molecule has 0 unspecified atom stereocenters. The number of rotatable bonds is 4. The molecule has 1 saturated heterocycles. The van der Waals surface area contributed by atoms with Gasteiger partial charge in [0, 0.05) is 25.1 Å². The summed E-state index contributed by atoms with van der Waals surface area (Å²) in [4.78, 5) is 14.9. The number of piperazine rings is 1. The summed E-state index contributed by atoms with van der Waals surface area (Å²) in [5.74, 6) is -0.125. The Hall–Kier alpha value is -3.87. The van der Waals surface area contributed by atoms with Gasteiger partial charge < -0.3 is 15.2 Å². The Labute approximate surface area is 217 Å². The smallest absolute Gasteiger partial charge is 0.329 e. The number of nitrogens with one attached hydrogen (secondary N) is 3. The lowest BCUT2D eigenvalue weighted by atomic mass is 9.96. The van der Waals surface area contributed by atoms with Crippen LogP contribution in [0.2, 0.25) is 0 Å². The zero-order chi connectivity index (χ0) is 28.2. The summed E-state index contributed by atoms with van der Waals surface area (Å²) in [6.45, 7) is 9.75. The van der Waals surface area contributed by atoms with Gasteiger partial charge in [-0.05, 0) is 49.6 Å². The summed E-state index contributed by atoms with van der Waals surface area (Å²) in [6, 6.07) is 7.04. The zero-order valence-electron chi connectivity index (χ0n) is 22.0. The van der Waals surface area contributed by atoms with Crippen LogP contribution in [0.3, 0.4) is 0 Å². The highest BCUT2D eigenvalue weighted by Gasteiger charge is 2.41. The molecule has 0 saturated carbocycles. The molecule has 2 aliphatic rings. The number of amidine groups is 2. The number of amides is 1. The lowest BCUT2D eigenvalue weighted by Gasteiger charge is -2.36. The molecule has 0 radical (unpaired) electrons. The second-order valence-corrected chi connectivity index (χ2v) is 7.92. The van der Waals surface area contributed by atoms with Gasteiger partial charge in [-0.25, -0.2) is 0 Å². The van der Waals surface area contributed by atoms with Crippen molar-refractivity contribution in [3.63, 3.8) is 0 Å². The molecule has 1 aromatic rings. The third-order valence-corrected chi connectivity index (χ3v) is 5.29. The molecule has 200 valence electrons. The highest BCUT2D eigenvalue weighted by atomic mass is 19.4. The lowest BCUT2D eigenvalue weighted by Crippen LogP contribution is -2.56. The van der Waals surface area contributed by atoms with Crippen LogP contribution in [0.4, 0.5) is 13.2 Å². The highest BCUT2D eigenvalue weighted by molar-refractivity contribution is 6.06. The van der Waals surface area contributed by atoms with E-state index in [9.17, 15) is 18.0 Å². The van der Waals surface area contributed by atoms with Crippen molar-refractivity contribution in [3.8, 4) is 12.3 Å². The van der Waals surface area contributed by atoms with E-state index in [-0.39, 0.29) is 25.5 Å². The molecule has 1 fully saturated rings. The van der Waals surface area contributed by atoms with Gasteiger partial charge >= 0.3 is 6.18 Å². The number of allylic oxidation sites excluding steroid dienone is 3. The minimum absolute atomic E-state index is 0.00605. The van der Waals surface area contributed by atoms with Crippen molar-refractivity contribution >= 4 is 23.3 Å². The van der Waals surface area contributed by atoms with Crippen LogP contribution in [0.5, 0.6) is 0 Å². The summed E-state index contributed by atoms with van der Waals surface area (Å²) >= 11 is 0. The lowest BCUT2D eigenvalue weighted by molar-refractivity contribution is -0.0675. The van der Waals surface area contributed by atoms with Crippen molar-refractivity contribution in [2.45, 2.75) is 47.2 Å². The molecule has 37 heavy (non-hydrogen) atoms. The van der Waals surface area contributed by atoms with Crippen LogP contribution in [0.25, 0.3) is 0 Å². The van der Waals surface area contributed by atoms with Gasteiger partial charge in [0.15, 0.2) is 0 Å². The van der Waals surface area contributed by atoms with Crippen molar-refractivity contribution in [2.24, 2.45) is 5.10 Å². The molecule has 2 aliphatic heterocycles. The molecule has 3 N–H and O–H groups in total. The van der Waals surface area contributed by atoms with Gasteiger partial charge in [0.1, 0.15) is 5.84 Å². The van der Waals surface area contributed by atoms with E-state index in [0.717, 1.165) is 16.8 Å². The fourth-order valence-corrected chi connectivity index (χ4v) is 3.66. The minimum Gasteiger partial charge on any atom is -0.329 e. The zero-order valence-corrected chi connectivity index (χ0v) is 22.0. The maximum Gasteiger partial charge on any atom is 0.449 e. The standard InChI is InChI=1S/C22H25F3N6O.C3H4.C2H6/c1-3-5-17-14(2)12-28-29-18(17)11-15-6-4-7-16(10-15)20(32)30-8-9-31(19(26)13-30)21(27)22(23,24)25;1-3-2;1-2/h3-7,10,26-28H,8-9,11-13H2,1-2H3;1H,2H3;1-2H3/b5-3-,26-19?,27-21?;;. The number of hydrazone groups is 1. The van der Waals surface area contributed by atoms with Gasteiger partial charge in [-0.15, -0.1) is 12.3 Å². The first-order valence-corrected chi connectivity index (χ1v) is 11.9. The van der Waals surface area contributed by atoms with Gasteiger partial charge in [-0.3, -0.25) is 15.6 Å². The van der Waals surface area contributed by atoms with E-state index in [4.69, 9.17) is 10.8 Å². The van der Waals surface area contributed by atoms with Crippen LogP contribution in [-0.4, -0.2) is 65.4 Å². The molecule has 0 aromatic heterocycles. The molecule has 3 rings (SSSR count). The summed E-state index contributed by atoms with van der Waals surface area (Å²) < 4.78 is 38.4. The van der Waals surface area contributed by atoms with E-state index >= 15 is 0 Å². The van der Waals surface area contributed by atoms with Crippen molar-refractivity contribution in [3.05, 3.63) is 58.7 Å². The molecular formula is C27H35F3N6O. The predicted octanol–water partition coefficient (Wildman–Crippen LogP) is 5.02. The quantitative estimate of drug-likeness (QED) is 0.298. The van der Waals surface area contributed by atoms with E-state index in [1.807, 2.05) is 45.9 Å². The van der Waals surface area contributed by atoms with Crippen LogP contribution < -0.4 is 5.43 Å². The SMILES string of the molecule is C#CC.C/C=C\C1=C(C)CNN=C1Cc1cccc(C(=O)N2CCN(C(=N)C(F)(F)F)C(=N)C2)c1.CC. The Morgan fingerprint density at radius 3 is 2.51 bits per heavy atom. The van der Waals surface area contributed by atoms with Crippen LogP contribution >= 0.6 is 0 Å². The second kappa shape index (κ2) is 14.6. The Kier molecular flexibility index (Phi) is 12.3. The number of carbonyl (C=O) groups is 1. The molecule has 0 bridgehead atoms. The molecule has 1 aromatic carbocycles. The van der Waals surface area contributed by atoms with Crippen LogP contribution in [0, 0.1) is 23.2 Å². The first kappa shape index (κ1) is 31.2. The molecule has 0 aliphatic carbocycles. The van der Waals surface area contributed by atoms with Crippen molar-refractivity contribution in [1.29, 1.82) is 10.8 Å². The van der Waals surface area contributed by atoms with E-state index < -0.39 is 17.8 Å². The van der Waals surface area contributed by atoms with Gasteiger partial charge in [-0.1, -0.05) is 38.1 Å². The van der Waals surface area contributed by atoms with Crippen LogP contribution in [-0.2, 0) is 6.42 Å². The predicted molar refractivity (Wildman–Crippen MR) is 143 cm³/mol. The Morgan fingerprint density at radius 1 is 1.30 bits per heavy atom. The fourth-order valence-electron chi connectivity index (χ4n) is 3.66. The Bertz CT molecular complexity index is 1110. The molecule has 0 spiro atoms. The first-order valence-electron chi connectivity index (χ1n) is 11.9. The van der Waals surface area contributed by atoms with Crippen LogP contribution in [0.15, 0.2) is 52.7 Å². The number of carbonyl (C=O) groups excluding carboxylic acids is 1. The summed E-state index contributed by atoms with van der Waals surface area (Å²) in [7, 11) is 0. The number of benzene rings is 1. The number of alkyl halides is 3. The van der Waals surface area contributed by atoms with Gasteiger partial charge in [-0.2, -0.15) is 18.3 Å². The van der Waals surface area contributed by atoms with E-state index in [1.165, 1.54) is 10.5 Å². The van der Waals surface area contributed by atoms with E-state index in [2.05, 4.69) is 22.9 Å². The average molecular weight is 517 g/mol. The van der Waals surface area contributed by atoms with E-state index in [0.29, 0.717) is 23.4 Å². The van der Waals surface area contributed by atoms with E-state index in [1.54, 1.807) is 25.1 Å². The third-order valence-electron chi connectivity index (χ3n) is 5.29. The van der Waals surface area contributed by atoms with Crippen LogP contribution in [0.1, 0.15) is 50.5 Å². The maximum atomic E-state index is 13.0. The van der Waals surface area contributed by atoms with Gasteiger partial charge in [0.25, 0.3) is 5.91 Å². The summed E-state index contributed by atoms with van der Waals surface area (Å²) in [5.41, 5.74) is 7.36. The van der Waals surface area contributed by atoms with Gasteiger partial charge in [0.2, 0.25) is 5.84 Å². The molecule has 2 heterocycles. The average Bonchev–Trinajstić information content (AvgIpc) is 2.86. The molecule has 7 nitrogen and oxygen atoms in total. The molecule has 10 heteroatoms. The number of nitrogens with zero attached hydrogens (tertiary/aromatic N) is 3. The topological polar surface area (TPSA) is 95.6 Å².